The van der Waals surface area contributed by atoms with E-state index in [4.69, 9.17) is 24.7 Å². The van der Waals surface area contributed by atoms with Gasteiger partial charge in [0.05, 0.1) is 11.6 Å². The lowest BCUT2D eigenvalue weighted by Crippen LogP contribution is -2.63. The lowest BCUT2D eigenvalue weighted by molar-refractivity contribution is -0.148. The molecule has 13 nitrogen and oxygen atoms in total. The first-order valence-corrected chi connectivity index (χ1v) is 15.3. The van der Waals surface area contributed by atoms with Crippen LogP contribution in [0.5, 0.6) is 28.7 Å². The van der Waals surface area contributed by atoms with Crippen molar-refractivity contribution >= 4 is 17.5 Å². The Kier molecular flexibility index (Phi) is 6.36. The van der Waals surface area contributed by atoms with Gasteiger partial charge < -0.3 is 45.1 Å². The highest BCUT2D eigenvalue weighted by atomic mass is 16.7. The first kappa shape index (κ1) is 29.8. The molecule has 0 spiro atoms. The molecule has 3 aromatic carbocycles. The number of hydrogen-bond acceptors (Lipinski definition) is 12. The van der Waals surface area contributed by atoms with E-state index < -0.39 is 58.0 Å². The van der Waals surface area contributed by atoms with Crippen molar-refractivity contribution in [2.45, 2.75) is 24.5 Å². The van der Waals surface area contributed by atoms with Crippen LogP contribution < -0.4 is 24.7 Å². The number of allylic oxidation sites excluding steroid dienone is 1. The molecule has 0 radical (unpaired) electrons. The van der Waals surface area contributed by atoms with E-state index in [-0.39, 0.29) is 48.9 Å². The Hall–Kier alpha value is -5.53. The molecule has 6 N–H and O–H groups in total. The standard InChI is InChI=1S/C35H30N2O11/c1-37(2)28-20-8-16-7-19-17(14-3-5-21-23(9-14)47-12-45-21)11-18(15-4-6-22-24(10-15)48-13-46-22)29(38)26(19)30(39)25(16)32(41)35(20,44)33(42)27(31(28)40)34(36)43/h3-6,9-11,16,20,28,38,40-41,44H,7-8,12-13H2,1-2H3,(H2,36,43)/t16-,20?,28-,35-/m0/s1. The average molecular weight is 655 g/mol. The summed E-state index contributed by atoms with van der Waals surface area (Å²) in [4.78, 5) is 42.1. The highest BCUT2D eigenvalue weighted by molar-refractivity contribution is 6.25. The zero-order chi connectivity index (χ0) is 33.8. The minimum Gasteiger partial charge on any atom is -0.510 e. The molecule has 3 aromatic rings. The molecule has 8 rings (SSSR count). The van der Waals surface area contributed by atoms with Crippen molar-refractivity contribution in [2.75, 3.05) is 27.7 Å². The topological polar surface area (TPSA) is 198 Å². The molecular weight excluding hydrogens is 624 g/mol. The lowest BCUT2D eigenvalue weighted by Gasteiger charge is -2.50. The molecule has 3 aliphatic carbocycles. The molecule has 0 saturated carbocycles. The number of phenols is 1. The second-order valence-electron chi connectivity index (χ2n) is 12.8. The van der Waals surface area contributed by atoms with Gasteiger partial charge in [0.25, 0.3) is 5.91 Å². The van der Waals surface area contributed by atoms with E-state index in [2.05, 4.69) is 0 Å². The second-order valence-corrected chi connectivity index (χ2v) is 12.8. The van der Waals surface area contributed by atoms with Crippen LogP contribution in [0.25, 0.3) is 22.3 Å². The van der Waals surface area contributed by atoms with Crippen LogP contribution in [0.2, 0.25) is 0 Å². The van der Waals surface area contributed by atoms with Crippen LogP contribution in [0.4, 0.5) is 0 Å². The fourth-order valence-corrected chi connectivity index (χ4v) is 7.92. The Morgan fingerprint density at radius 3 is 2.04 bits per heavy atom. The summed E-state index contributed by atoms with van der Waals surface area (Å²) in [6.45, 7) is 0.0875. The smallest absolute Gasteiger partial charge is 0.255 e. The van der Waals surface area contributed by atoms with E-state index in [1.807, 2.05) is 6.07 Å². The van der Waals surface area contributed by atoms with Gasteiger partial charge >= 0.3 is 0 Å². The summed E-state index contributed by atoms with van der Waals surface area (Å²) in [7, 11) is 3.17. The minimum absolute atomic E-state index is 0.0307. The van der Waals surface area contributed by atoms with Crippen molar-refractivity contribution in [2.24, 2.45) is 17.6 Å². The van der Waals surface area contributed by atoms with Crippen molar-refractivity contribution < 1.29 is 53.8 Å². The number of aliphatic hydroxyl groups excluding tert-OH is 2. The Bertz CT molecular complexity index is 2070. The number of nitrogens with zero attached hydrogens (tertiary/aromatic N) is 1. The zero-order valence-electron chi connectivity index (χ0n) is 25.8. The highest BCUT2D eigenvalue weighted by Crippen LogP contribution is 2.55. The van der Waals surface area contributed by atoms with Gasteiger partial charge in [-0.3, -0.25) is 19.3 Å². The predicted octanol–water partition coefficient (Wildman–Crippen LogP) is 2.91. The Morgan fingerprint density at radius 1 is 0.875 bits per heavy atom. The fraction of sp³-hybridized carbons (Fsp3) is 0.286. The lowest BCUT2D eigenvalue weighted by atomic mass is 9.58. The summed E-state index contributed by atoms with van der Waals surface area (Å²) < 4.78 is 22.1. The van der Waals surface area contributed by atoms with Crippen LogP contribution in [0.1, 0.15) is 22.3 Å². The molecule has 2 heterocycles. The number of fused-ring (bicyclic) bond motifs is 5. The quantitative estimate of drug-likeness (QED) is 0.258. The molecule has 13 heteroatoms. The molecule has 0 fully saturated rings. The molecule has 2 aliphatic heterocycles. The van der Waals surface area contributed by atoms with Gasteiger partial charge in [-0.05, 0) is 85.4 Å². The SMILES string of the molecule is CN(C)[C@@H]1C(O)=C(C(N)=O)C(=O)[C@@]2(O)C(O)=C3C(=O)c4c(O)c(-c5ccc6c(c5)OCO6)cc(-c5ccc6c(c5)OCO6)c4C[C@H]3CC12. The molecule has 5 aliphatic rings. The van der Waals surface area contributed by atoms with Crippen molar-refractivity contribution in [1.82, 2.24) is 4.90 Å². The number of primary amides is 1. The molecule has 1 unspecified atom stereocenters. The number of phenolic OH excluding ortho intramolecular Hbond substituents is 1. The number of rotatable bonds is 4. The second kappa shape index (κ2) is 10.2. The summed E-state index contributed by atoms with van der Waals surface area (Å²) in [5.74, 6) is -5.14. The summed E-state index contributed by atoms with van der Waals surface area (Å²) >= 11 is 0. The van der Waals surface area contributed by atoms with Crippen molar-refractivity contribution in [3.63, 3.8) is 0 Å². The Morgan fingerprint density at radius 2 is 1.46 bits per heavy atom. The normalized spacial score (nSPS) is 25.3. The molecule has 1 amide bonds. The highest BCUT2D eigenvalue weighted by Gasteiger charge is 2.63. The van der Waals surface area contributed by atoms with Gasteiger partial charge in [0.1, 0.15) is 22.8 Å². The number of carbonyl (C=O) groups is 3. The molecule has 0 aromatic heterocycles. The van der Waals surface area contributed by atoms with Gasteiger partial charge in [-0.2, -0.15) is 0 Å². The summed E-state index contributed by atoms with van der Waals surface area (Å²) in [5, 5.41) is 46.7. The zero-order valence-corrected chi connectivity index (χ0v) is 25.8. The van der Waals surface area contributed by atoms with Gasteiger partial charge in [0.15, 0.2) is 34.4 Å². The van der Waals surface area contributed by atoms with E-state index in [1.54, 1.807) is 50.5 Å². The third kappa shape index (κ3) is 3.94. The van der Waals surface area contributed by atoms with Crippen LogP contribution in [-0.2, 0) is 16.0 Å². The summed E-state index contributed by atoms with van der Waals surface area (Å²) in [6, 6.07) is 11.1. The number of likely N-dealkylation sites (N-methyl/N-ethyl adjacent to an activating group) is 1. The molecule has 0 saturated heterocycles. The number of amides is 1. The van der Waals surface area contributed by atoms with E-state index >= 15 is 0 Å². The van der Waals surface area contributed by atoms with E-state index in [0.29, 0.717) is 45.3 Å². The third-order valence-electron chi connectivity index (χ3n) is 10.1. The molecule has 246 valence electrons. The average Bonchev–Trinajstić information content (AvgIpc) is 3.71. The third-order valence-corrected chi connectivity index (χ3v) is 10.1. The number of aromatic hydroxyl groups is 1. The molecule has 48 heavy (non-hydrogen) atoms. The number of aliphatic hydroxyl groups is 3. The maximum Gasteiger partial charge on any atom is 0.255 e. The van der Waals surface area contributed by atoms with Crippen LogP contribution >= 0.6 is 0 Å². The number of benzene rings is 3. The number of Topliss-reactive ketones (excluding diaryl/α,β-unsaturated/α-hetero) is 2. The summed E-state index contributed by atoms with van der Waals surface area (Å²) in [6.07, 6.45) is 0.0876. The van der Waals surface area contributed by atoms with Crippen molar-refractivity contribution in [1.29, 1.82) is 0 Å². The number of carbonyl (C=O) groups excluding carboxylic acids is 3. The maximum absolute atomic E-state index is 14.6. The van der Waals surface area contributed by atoms with Crippen LogP contribution in [0.3, 0.4) is 0 Å². The van der Waals surface area contributed by atoms with E-state index in [0.717, 1.165) is 0 Å². The van der Waals surface area contributed by atoms with Crippen molar-refractivity contribution in [3.05, 3.63) is 76.3 Å². The minimum atomic E-state index is -2.74. The van der Waals surface area contributed by atoms with Crippen LogP contribution in [0.15, 0.2) is 65.1 Å². The first-order valence-electron chi connectivity index (χ1n) is 15.3. The van der Waals surface area contributed by atoms with E-state index in [1.165, 1.54) is 4.90 Å². The van der Waals surface area contributed by atoms with Gasteiger partial charge in [0, 0.05) is 17.1 Å². The van der Waals surface area contributed by atoms with E-state index in [9.17, 15) is 34.8 Å². The Balaban J connectivity index is 1.35. The Labute approximate surface area is 273 Å². The first-order chi connectivity index (χ1) is 22.9. The molecule has 4 atom stereocenters. The van der Waals surface area contributed by atoms with Crippen LogP contribution in [0, 0.1) is 11.8 Å². The van der Waals surface area contributed by atoms with Crippen LogP contribution in [-0.4, -0.2) is 82.1 Å². The van der Waals surface area contributed by atoms with Crippen molar-refractivity contribution in [3.8, 4) is 51.0 Å². The molecular formula is C35H30N2O11. The maximum atomic E-state index is 14.6. The monoisotopic (exact) mass is 654 g/mol. The fourth-order valence-electron chi connectivity index (χ4n) is 7.92. The number of ether oxygens (including phenoxy) is 4. The van der Waals surface area contributed by atoms with Gasteiger partial charge in [-0.1, -0.05) is 12.1 Å². The van der Waals surface area contributed by atoms with Gasteiger partial charge in [-0.25, -0.2) is 0 Å². The predicted molar refractivity (Wildman–Crippen MR) is 167 cm³/mol. The van der Waals surface area contributed by atoms with Gasteiger partial charge in [-0.15, -0.1) is 0 Å². The number of nitrogens with two attached hydrogens (primary N) is 1. The number of hydrogen-bond donors (Lipinski definition) is 5. The summed E-state index contributed by atoms with van der Waals surface area (Å²) in [5.41, 5.74) is 4.04. The number of ketones is 2. The largest absolute Gasteiger partial charge is 0.510 e. The van der Waals surface area contributed by atoms with Gasteiger partial charge in [0.2, 0.25) is 19.4 Å². The molecule has 0 bridgehead atoms.